The molecule has 1 rings (SSSR count). The van der Waals surface area contributed by atoms with E-state index in [9.17, 15) is 4.79 Å². The Labute approximate surface area is 122 Å². The minimum atomic E-state index is -0.813. The van der Waals surface area contributed by atoms with Gasteiger partial charge in [0, 0.05) is 38.2 Å². The summed E-state index contributed by atoms with van der Waals surface area (Å²) >= 11 is 0. The third-order valence-electron chi connectivity index (χ3n) is 4.44. The van der Waals surface area contributed by atoms with Crippen LogP contribution in [0.15, 0.2) is 0 Å². The van der Waals surface area contributed by atoms with Crippen molar-refractivity contribution in [2.45, 2.75) is 58.6 Å². The molecule has 1 saturated carbocycles. The highest BCUT2D eigenvalue weighted by atomic mass is 16.5. The smallest absolute Gasteiger partial charge is 0.240 e. The predicted molar refractivity (Wildman–Crippen MR) is 79.5 cm³/mol. The first-order chi connectivity index (χ1) is 9.40. The van der Waals surface area contributed by atoms with Crippen LogP contribution in [0.5, 0.6) is 0 Å². The fourth-order valence-electron chi connectivity index (χ4n) is 2.65. The number of unbranched alkanes of at least 4 members (excludes halogenated alkanes) is 1. The van der Waals surface area contributed by atoms with Crippen LogP contribution in [-0.2, 0) is 14.3 Å². The Morgan fingerprint density at radius 1 is 1.30 bits per heavy atom. The van der Waals surface area contributed by atoms with E-state index in [4.69, 9.17) is 15.2 Å². The maximum Gasteiger partial charge on any atom is 0.240 e. The topological polar surface area (TPSA) is 73.6 Å². The van der Waals surface area contributed by atoms with E-state index in [-0.39, 0.29) is 17.4 Å². The lowest BCUT2D eigenvalue weighted by Crippen LogP contribution is -2.75. The molecule has 1 fully saturated rings. The van der Waals surface area contributed by atoms with Crippen molar-refractivity contribution < 1.29 is 14.3 Å². The molecule has 1 amide bonds. The van der Waals surface area contributed by atoms with Crippen LogP contribution < -0.4 is 11.1 Å². The molecule has 0 aliphatic heterocycles. The van der Waals surface area contributed by atoms with Crippen LogP contribution in [0, 0.1) is 5.41 Å². The molecule has 5 nitrogen and oxygen atoms in total. The molecular weight excluding hydrogens is 256 g/mol. The van der Waals surface area contributed by atoms with Gasteiger partial charge in [-0.25, -0.2) is 0 Å². The number of hydrogen-bond donors (Lipinski definition) is 2. The summed E-state index contributed by atoms with van der Waals surface area (Å²) in [5.41, 5.74) is 5.16. The number of nitrogens with two attached hydrogens (primary N) is 1. The summed E-state index contributed by atoms with van der Waals surface area (Å²) in [4.78, 5) is 12.3. The Morgan fingerprint density at radius 3 is 2.55 bits per heavy atom. The van der Waals surface area contributed by atoms with E-state index < -0.39 is 5.54 Å². The Balaban J connectivity index is 2.33. The summed E-state index contributed by atoms with van der Waals surface area (Å²) < 4.78 is 10.9. The van der Waals surface area contributed by atoms with Gasteiger partial charge in [0.15, 0.2) is 0 Å². The molecule has 20 heavy (non-hydrogen) atoms. The molecule has 1 aliphatic carbocycles. The molecule has 2 atom stereocenters. The van der Waals surface area contributed by atoms with Crippen molar-refractivity contribution in [1.82, 2.24) is 5.32 Å². The lowest BCUT2D eigenvalue weighted by molar-refractivity contribution is -0.170. The number of amides is 1. The number of nitrogens with one attached hydrogen (secondary N) is 1. The van der Waals surface area contributed by atoms with Crippen molar-refractivity contribution in [1.29, 1.82) is 0 Å². The molecule has 0 heterocycles. The molecule has 2 unspecified atom stereocenters. The standard InChI is InChI=1S/C15H30N2O3/c1-5-19-10-8-7-9-17-13(18)15(16)11-12(20-6-2)14(15,3)4/h12H,5-11,16H2,1-4H3,(H,17,18). The Bertz CT molecular complexity index is 320. The fourth-order valence-corrected chi connectivity index (χ4v) is 2.65. The van der Waals surface area contributed by atoms with E-state index in [1.807, 2.05) is 27.7 Å². The first-order valence-corrected chi connectivity index (χ1v) is 7.66. The monoisotopic (exact) mass is 286 g/mol. The minimum Gasteiger partial charge on any atom is -0.382 e. The normalized spacial score (nSPS) is 27.9. The van der Waals surface area contributed by atoms with E-state index >= 15 is 0 Å². The average molecular weight is 286 g/mol. The average Bonchev–Trinajstić information content (AvgIpc) is 2.41. The number of carbonyl (C=O) groups excluding carboxylic acids is 1. The van der Waals surface area contributed by atoms with Crippen LogP contribution in [0.2, 0.25) is 0 Å². The van der Waals surface area contributed by atoms with Crippen LogP contribution in [0.3, 0.4) is 0 Å². The first-order valence-electron chi connectivity index (χ1n) is 7.66. The largest absolute Gasteiger partial charge is 0.382 e. The first kappa shape index (κ1) is 17.4. The molecule has 0 spiro atoms. The second-order valence-corrected chi connectivity index (χ2v) is 6.00. The number of carbonyl (C=O) groups is 1. The summed E-state index contributed by atoms with van der Waals surface area (Å²) in [6.07, 6.45) is 2.54. The molecular formula is C15H30N2O3. The number of hydrogen-bond acceptors (Lipinski definition) is 4. The fraction of sp³-hybridized carbons (Fsp3) is 0.933. The van der Waals surface area contributed by atoms with Gasteiger partial charge in [0.05, 0.1) is 6.10 Å². The molecule has 118 valence electrons. The Hall–Kier alpha value is -0.650. The third kappa shape index (κ3) is 3.51. The van der Waals surface area contributed by atoms with E-state index in [1.165, 1.54) is 0 Å². The molecule has 0 aromatic rings. The molecule has 0 bridgehead atoms. The van der Waals surface area contributed by atoms with Gasteiger partial charge in [-0.2, -0.15) is 0 Å². The minimum absolute atomic E-state index is 0.0603. The molecule has 3 N–H and O–H groups in total. The van der Waals surface area contributed by atoms with Crippen molar-refractivity contribution in [2.75, 3.05) is 26.4 Å². The van der Waals surface area contributed by atoms with Crippen molar-refractivity contribution >= 4 is 5.91 Å². The van der Waals surface area contributed by atoms with Gasteiger partial charge in [0.2, 0.25) is 5.91 Å². The Kier molecular flexibility index (Phi) is 6.43. The molecule has 0 aromatic carbocycles. The van der Waals surface area contributed by atoms with Crippen LogP contribution in [0.4, 0.5) is 0 Å². The molecule has 1 aliphatic rings. The molecule has 0 aromatic heterocycles. The van der Waals surface area contributed by atoms with Gasteiger partial charge >= 0.3 is 0 Å². The molecule has 0 saturated heterocycles. The summed E-state index contributed by atoms with van der Waals surface area (Å²) in [5, 5.41) is 2.95. The van der Waals surface area contributed by atoms with E-state index in [1.54, 1.807) is 0 Å². The lowest BCUT2D eigenvalue weighted by atomic mass is 9.54. The summed E-state index contributed by atoms with van der Waals surface area (Å²) in [5.74, 6) is -0.0603. The van der Waals surface area contributed by atoms with Gasteiger partial charge in [-0.05, 0) is 26.7 Å². The molecule has 0 radical (unpaired) electrons. The van der Waals surface area contributed by atoms with Gasteiger partial charge in [0.1, 0.15) is 5.54 Å². The quantitative estimate of drug-likeness (QED) is 0.629. The van der Waals surface area contributed by atoms with Crippen molar-refractivity contribution in [2.24, 2.45) is 11.1 Å². The van der Waals surface area contributed by atoms with Crippen LogP contribution in [-0.4, -0.2) is 43.9 Å². The van der Waals surface area contributed by atoms with Crippen molar-refractivity contribution in [3.63, 3.8) is 0 Å². The second-order valence-electron chi connectivity index (χ2n) is 6.00. The zero-order valence-electron chi connectivity index (χ0n) is 13.3. The van der Waals surface area contributed by atoms with Crippen LogP contribution in [0.25, 0.3) is 0 Å². The van der Waals surface area contributed by atoms with Crippen molar-refractivity contribution in [3.8, 4) is 0 Å². The van der Waals surface area contributed by atoms with Gasteiger partial charge in [-0.15, -0.1) is 0 Å². The summed E-state index contributed by atoms with van der Waals surface area (Å²) in [6.45, 7) is 10.8. The summed E-state index contributed by atoms with van der Waals surface area (Å²) in [7, 11) is 0. The maximum atomic E-state index is 12.3. The third-order valence-corrected chi connectivity index (χ3v) is 4.44. The lowest BCUT2D eigenvalue weighted by Gasteiger charge is -2.57. The second kappa shape index (κ2) is 7.38. The van der Waals surface area contributed by atoms with Gasteiger partial charge < -0.3 is 20.5 Å². The van der Waals surface area contributed by atoms with Gasteiger partial charge in [-0.3, -0.25) is 4.79 Å². The number of rotatable bonds is 9. The van der Waals surface area contributed by atoms with E-state index in [0.29, 0.717) is 19.6 Å². The maximum absolute atomic E-state index is 12.3. The van der Waals surface area contributed by atoms with E-state index in [0.717, 1.165) is 26.1 Å². The molecule has 5 heteroatoms. The zero-order chi connectivity index (χ0) is 15.2. The van der Waals surface area contributed by atoms with Gasteiger partial charge in [0.25, 0.3) is 0 Å². The summed E-state index contributed by atoms with van der Waals surface area (Å²) in [6, 6.07) is 0. The SMILES string of the molecule is CCOCCCCNC(=O)C1(N)CC(OCC)C1(C)C. The van der Waals surface area contributed by atoms with Crippen LogP contribution in [0.1, 0.15) is 47.0 Å². The van der Waals surface area contributed by atoms with Crippen molar-refractivity contribution in [3.05, 3.63) is 0 Å². The van der Waals surface area contributed by atoms with Gasteiger partial charge in [-0.1, -0.05) is 13.8 Å². The highest BCUT2D eigenvalue weighted by molar-refractivity contribution is 5.88. The predicted octanol–water partition coefficient (Wildman–Crippen LogP) is 1.45. The zero-order valence-corrected chi connectivity index (χ0v) is 13.3. The van der Waals surface area contributed by atoms with E-state index in [2.05, 4.69) is 5.32 Å². The number of ether oxygens (including phenoxy) is 2. The highest BCUT2D eigenvalue weighted by Gasteiger charge is 2.62. The Morgan fingerprint density at radius 2 is 2.00 bits per heavy atom. The van der Waals surface area contributed by atoms with Crippen LogP contribution >= 0.6 is 0 Å². The highest BCUT2D eigenvalue weighted by Crippen LogP contribution is 2.49.